The minimum atomic E-state index is -0.188. The molecule has 3 rings (SSSR count). The third kappa shape index (κ3) is 4.04. The van der Waals surface area contributed by atoms with E-state index in [9.17, 15) is 10.1 Å². The second-order valence-corrected chi connectivity index (χ2v) is 6.01. The minimum Gasteiger partial charge on any atom is -0.493 e. The molecule has 0 radical (unpaired) electrons. The molecule has 0 amide bonds. The van der Waals surface area contributed by atoms with E-state index >= 15 is 0 Å². The first-order valence-corrected chi connectivity index (χ1v) is 8.30. The van der Waals surface area contributed by atoms with Crippen LogP contribution in [0.1, 0.15) is 24.0 Å². The second kappa shape index (κ2) is 7.75. The number of benzene rings is 2. The summed E-state index contributed by atoms with van der Waals surface area (Å²) in [4.78, 5) is 11.8. The maximum atomic E-state index is 11.8. The maximum Gasteiger partial charge on any atom is 0.314 e. The Morgan fingerprint density at radius 1 is 1.12 bits per heavy atom. The van der Waals surface area contributed by atoms with Crippen LogP contribution in [0.15, 0.2) is 42.5 Å². The van der Waals surface area contributed by atoms with Gasteiger partial charge in [-0.2, -0.15) is 5.26 Å². The molecule has 1 aliphatic rings. The fourth-order valence-corrected chi connectivity index (χ4v) is 2.54. The highest BCUT2D eigenvalue weighted by molar-refractivity contribution is 5.90. The standard InChI is InChI=1S/C21H19NO4/c1-24-19-9-8-16(12-20(19)25-2)17(13-22)10-14-4-3-5-18(11-14)26-21(23)15-6-7-15/h3-5,8-12,15H,6-7H2,1-2H3/b17-10-. The fourth-order valence-electron chi connectivity index (χ4n) is 2.54. The number of nitrogens with zero attached hydrogens (tertiary/aromatic N) is 1. The summed E-state index contributed by atoms with van der Waals surface area (Å²) in [5.74, 6) is 1.49. The summed E-state index contributed by atoms with van der Waals surface area (Å²) in [5.41, 5.74) is 1.96. The van der Waals surface area contributed by atoms with E-state index in [1.165, 1.54) is 0 Å². The third-order valence-corrected chi connectivity index (χ3v) is 4.11. The van der Waals surface area contributed by atoms with Crippen molar-refractivity contribution in [1.82, 2.24) is 0 Å². The largest absolute Gasteiger partial charge is 0.493 e. The summed E-state index contributed by atoms with van der Waals surface area (Å²) in [6, 6.07) is 14.6. The predicted octanol–water partition coefficient (Wildman–Crippen LogP) is 4.08. The van der Waals surface area contributed by atoms with Gasteiger partial charge in [0.1, 0.15) is 5.75 Å². The van der Waals surface area contributed by atoms with Crippen LogP contribution >= 0.6 is 0 Å². The Morgan fingerprint density at radius 3 is 2.54 bits per heavy atom. The lowest BCUT2D eigenvalue weighted by atomic mass is 10.0. The Balaban J connectivity index is 1.87. The van der Waals surface area contributed by atoms with E-state index < -0.39 is 0 Å². The van der Waals surface area contributed by atoms with Gasteiger partial charge in [-0.1, -0.05) is 12.1 Å². The number of rotatable bonds is 6. The van der Waals surface area contributed by atoms with E-state index in [1.54, 1.807) is 56.7 Å². The average molecular weight is 349 g/mol. The highest BCUT2D eigenvalue weighted by Gasteiger charge is 2.31. The van der Waals surface area contributed by atoms with Crippen LogP contribution in [0.2, 0.25) is 0 Å². The van der Waals surface area contributed by atoms with Gasteiger partial charge in [0.15, 0.2) is 11.5 Å². The van der Waals surface area contributed by atoms with Crippen LogP contribution < -0.4 is 14.2 Å². The van der Waals surface area contributed by atoms with E-state index in [4.69, 9.17) is 14.2 Å². The van der Waals surface area contributed by atoms with Gasteiger partial charge >= 0.3 is 5.97 Å². The summed E-state index contributed by atoms with van der Waals surface area (Å²) in [6.07, 6.45) is 3.54. The molecule has 1 aliphatic carbocycles. The zero-order valence-electron chi connectivity index (χ0n) is 14.7. The molecule has 0 N–H and O–H groups in total. The zero-order valence-corrected chi connectivity index (χ0v) is 14.7. The fraction of sp³-hybridized carbons (Fsp3) is 0.238. The molecular formula is C21H19NO4. The van der Waals surface area contributed by atoms with Crippen molar-refractivity contribution in [2.75, 3.05) is 14.2 Å². The SMILES string of the molecule is COc1ccc(/C(C#N)=C\c2cccc(OC(=O)C3CC3)c2)cc1OC. The molecule has 2 aromatic carbocycles. The first kappa shape index (κ1) is 17.6. The molecule has 0 bridgehead atoms. The van der Waals surface area contributed by atoms with Gasteiger partial charge in [-0.3, -0.25) is 4.79 Å². The molecule has 0 aliphatic heterocycles. The van der Waals surface area contributed by atoms with Crippen LogP contribution in [0.25, 0.3) is 11.6 Å². The first-order valence-electron chi connectivity index (χ1n) is 8.30. The number of esters is 1. The topological polar surface area (TPSA) is 68.5 Å². The van der Waals surface area contributed by atoms with Crippen LogP contribution in [-0.2, 0) is 4.79 Å². The zero-order chi connectivity index (χ0) is 18.5. The number of methoxy groups -OCH3 is 2. The van der Waals surface area contributed by atoms with Crippen molar-refractivity contribution >= 4 is 17.6 Å². The third-order valence-electron chi connectivity index (χ3n) is 4.11. The Labute approximate surface area is 152 Å². The van der Waals surface area contributed by atoms with Gasteiger partial charge in [0.2, 0.25) is 0 Å². The Hall–Kier alpha value is -3.26. The van der Waals surface area contributed by atoms with Crippen molar-refractivity contribution in [2.45, 2.75) is 12.8 Å². The van der Waals surface area contributed by atoms with Crippen LogP contribution in [0.5, 0.6) is 17.2 Å². The van der Waals surface area contributed by atoms with E-state index in [0.29, 0.717) is 28.4 Å². The van der Waals surface area contributed by atoms with Gasteiger partial charge < -0.3 is 14.2 Å². The summed E-state index contributed by atoms with van der Waals surface area (Å²) >= 11 is 0. The van der Waals surface area contributed by atoms with Gasteiger partial charge in [0, 0.05) is 0 Å². The molecule has 2 aromatic rings. The van der Waals surface area contributed by atoms with Crippen LogP contribution in [0.4, 0.5) is 0 Å². The van der Waals surface area contributed by atoms with Crippen molar-refractivity contribution in [3.8, 4) is 23.3 Å². The van der Waals surface area contributed by atoms with Crippen LogP contribution in [0, 0.1) is 17.2 Å². The summed E-state index contributed by atoms with van der Waals surface area (Å²) in [5, 5.41) is 9.55. The minimum absolute atomic E-state index is 0.0376. The molecule has 0 spiro atoms. The molecule has 5 heteroatoms. The molecule has 0 saturated heterocycles. The number of carbonyl (C=O) groups excluding carboxylic acids is 1. The second-order valence-electron chi connectivity index (χ2n) is 6.01. The van der Waals surface area contributed by atoms with Gasteiger partial charge in [-0.05, 0) is 60.4 Å². The molecule has 0 aromatic heterocycles. The lowest BCUT2D eigenvalue weighted by Crippen LogP contribution is -2.09. The number of hydrogen-bond acceptors (Lipinski definition) is 5. The number of nitriles is 1. The Kier molecular flexibility index (Phi) is 5.23. The van der Waals surface area contributed by atoms with Crippen molar-refractivity contribution in [1.29, 1.82) is 5.26 Å². The molecule has 1 fully saturated rings. The van der Waals surface area contributed by atoms with Gasteiger partial charge in [0.25, 0.3) is 0 Å². The monoisotopic (exact) mass is 349 g/mol. The van der Waals surface area contributed by atoms with Crippen molar-refractivity contribution < 1.29 is 19.0 Å². The molecule has 1 saturated carbocycles. The molecule has 132 valence electrons. The molecule has 0 atom stereocenters. The number of ether oxygens (including phenoxy) is 3. The highest BCUT2D eigenvalue weighted by atomic mass is 16.5. The van der Waals surface area contributed by atoms with Crippen LogP contribution in [-0.4, -0.2) is 20.2 Å². The van der Waals surface area contributed by atoms with E-state index in [2.05, 4.69) is 6.07 Å². The lowest BCUT2D eigenvalue weighted by molar-refractivity contribution is -0.135. The quantitative estimate of drug-likeness (QED) is 0.340. The van der Waals surface area contributed by atoms with E-state index in [1.807, 2.05) is 6.07 Å². The number of hydrogen-bond donors (Lipinski definition) is 0. The van der Waals surface area contributed by atoms with E-state index in [-0.39, 0.29) is 11.9 Å². The van der Waals surface area contributed by atoms with Crippen molar-refractivity contribution in [2.24, 2.45) is 5.92 Å². The maximum absolute atomic E-state index is 11.8. The van der Waals surface area contributed by atoms with Crippen molar-refractivity contribution in [3.63, 3.8) is 0 Å². The van der Waals surface area contributed by atoms with Gasteiger partial charge in [-0.25, -0.2) is 0 Å². The molecule has 0 heterocycles. The molecular weight excluding hydrogens is 330 g/mol. The smallest absolute Gasteiger partial charge is 0.314 e. The average Bonchev–Trinajstić information content (AvgIpc) is 3.51. The predicted molar refractivity (Wildman–Crippen MR) is 97.8 cm³/mol. The Morgan fingerprint density at radius 2 is 1.88 bits per heavy atom. The number of allylic oxidation sites excluding steroid dienone is 1. The van der Waals surface area contributed by atoms with E-state index in [0.717, 1.165) is 18.4 Å². The number of carbonyl (C=O) groups is 1. The van der Waals surface area contributed by atoms with Gasteiger partial charge in [0.05, 0.1) is 31.8 Å². The van der Waals surface area contributed by atoms with Crippen LogP contribution in [0.3, 0.4) is 0 Å². The summed E-state index contributed by atoms with van der Waals surface area (Å²) < 4.78 is 15.9. The highest BCUT2D eigenvalue weighted by Crippen LogP contribution is 2.32. The Bertz CT molecular complexity index is 891. The summed E-state index contributed by atoms with van der Waals surface area (Å²) in [6.45, 7) is 0. The normalized spacial score (nSPS) is 13.7. The molecule has 5 nitrogen and oxygen atoms in total. The molecule has 0 unspecified atom stereocenters. The van der Waals surface area contributed by atoms with Gasteiger partial charge in [-0.15, -0.1) is 0 Å². The first-order chi connectivity index (χ1) is 12.6. The van der Waals surface area contributed by atoms with Crippen molar-refractivity contribution in [3.05, 3.63) is 53.6 Å². The summed E-state index contributed by atoms with van der Waals surface area (Å²) in [7, 11) is 3.11. The molecule has 26 heavy (non-hydrogen) atoms. The lowest BCUT2D eigenvalue weighted by Gasteiger charge is -2.09.